The molecular formula is C25H32N6O8. The van der Waals surface area contributed by atoms with Crippen molar-refractivity contribution in [3.63, 3.8) is 0 Å². The number of hydrogen-bond donors (Lipinski definition) is 1. The van der Waals surface area contributed by atoms with E-state index in [1.54, 1.807) is 53.7 Å². The lowest BCUT2D eigenvalue weighted by Crippen LogP contribution is -2.47. The van der Waals surface area contributed by atoms with Gasteiger partial charge in [0, 0.05) is 30.9 Å². The van der Waals surface area contributed by atoms with Gasteiger partial charge in [-0.1, -0.05) is 0 Å². The number of hydrogen-bond acceptors (Lipinski definition) is 10. The summed E-state index contributed by atoms with van der Waals surface area (Å²) >= 11 is 0. The molecule has 0 spiro atoms. The van der Waals surface area contributed by atoms with E-state index in [0.29, 0.717) is 23.7 Å². The van der Waals surface area contributed by atoms with Crippen molar-refractivity contribution < 1.29 is 33.9 Å². The monoisotopic (exact) mass is 544 g/mol. The summed E-state index contributed by atoms with van der Waals surface area (Å²) in [5.41, 5.74) is -0.246. The number of fused-ring (bicyclic) bond motifs is 1. The summed E-state index contributed by atoms with van der Waals surface area (Å²) in [4.78, 5) is 51.5. The fourth-order valence-corrected chi connectivity index (χ4v) is 3.75. The summed E-state index contributed by atoms with van der Waals surface area (Å²) in [7, 11) is 0. The van der Waals surface area contributed by atoms with Gasteiger partial charge in [-0.25, -0.2) is 19.3 Å². The van der Waals surface area contributed by atoms with Gasteiger partial charge in [-0.3, -0.25) is 15.0 Å². The number of nitrogens with zero attached hydrogens (tertiary/aromatic N) is 6. The Morgan fingerprint density at radius 3 is 2.10 bits per heavy atom. The summed E-state index contributed by atoms with van der Waals surface area (Å²) in [5.74, 6) is 0.406. The number of amides is 3. The normalized spacial score (nSPS) is 12.9. The number of carbonyl (C=O) groups is 3. The molecule has 2 aromatic rings. The third-order valence-electron chi connectivity index (χ3n) is 5.36. The SMILES string of the molecule is CC(C)(C)OC(=O)N(CCN(C(=O)O)c1ccc(N2CCc3cc([N+](=O)[O-])ccc32)nn1)C(=O)OC(C)(C)C. The Balaban J connectivity index is 1.78. The minimum atomic E-state index is -1.37. The highest BCUT2D eigenvalue weighted by atomic mass is 16.6. The van der Waals surface area contributed by atoms with E-state index in [9.17, 15) is 29.6 Å². The van der Waals surface area contributed by atoms with Crippen molar-refractivity contribution in [1.82, 2.24) is 15.1 Å². The fourth-order valence-electron chi connectivity index (χ4n) is 3.75. The molecule has 0 unspecified atom stereocenters. The van der Waals surface area contributed by atoms with E-state index in [-0.39, 0.29) is 24.6 Å². The van der Waals surface area contributed by atoms with Crippen molar-refractivity contribution in [1.29, 1.82) is 0 Å². The summed E-state index contributed by atoms with van der Waals surface area (Å²) in [6, 6.07) is 7.59. The molecular weight excluding hydrogens is 512 g/mol. The van der Waals surface area contributed by atoms with Gasteiger partial charge in [0.15, 0.2) is 11.6 Å². The molecule has 39 heavy (non-hydrogen) atoms. The first kappa shape index (κ1) is 29.1. The van der Waals surface area contributed by atoms with Gasteiger partial charge in [0.2, 0.25) is 0 Å². The van der Waals surface area contributed by atoms with Gasteiger partial charge < -0.3 is 19.5 Å². The van der Waals surface area contributed by atoms with Crippen molar-refractivity contribution in [3.8, 4) is 0 Å². The van der Waals surface area contributed by atoms with E-state index in [4.69, 9.17) is 9.47 Å². The number of anilines is 3. The summed E-state index contributed by atoms with van der Waals surface area (Å²) in [6.07, 6.45) is -2.75. The zero-order valence-electron chi connectivity index (χ0n) is 22.7. The quantitative estimate of drug-likeness (QED) is 0.394. The Morgan fingerprint density at radius 1 is 1.00 bits per heavy atom. The minimum Gasteiger partial charge on any atom is -0.465 e. The van der Waals surface area contributed by atoms with Crippen LogP contribution < -0.4 is 9.80 Å². The van der Waals surface area contributed by atoms with E-state index in [0.717, 1.165) is 16.2 Å². The van der Waals surface area contributed by atoms with Crippen molar-refractivity contribution in [3.05, 3.63) is 46.0 Å². The van der Waals surface area contributed by atoms with Gasteiger partial charge in [0.1, 0.15) is 11.2 Å². The molecule has 3 amide bonds. The Kier molecular flexibility index (Phi) is 8.27. The summed E-state index contributed by atoms with van der Waals surface area (Å²) in [6.45, 7) is 9.66. The van der Waals surface area contributed by atoms with Crippen molar-refractivity contribution in [2.45, 2.75) is 59.2 Å². The average Bonchev–Trinajstić information content (AvgIpc) is 3.22. The highest BCUT2D eigenvalue weighted by Crippen LogP contribution is 2.35. The predicted octanol–water partition coefficient (Wildman–Crippen LogP) is 4.74. The van der Waals surface area contributed by atoms with Gasteiger partial charge in [-0.2, -0.15) is 0 Å². The Hall–Kier alpha value is -4.49. The second-order valence-corrected chi connectivity index (χ2v) is 10.8. The smallest absolute Gasteiger partial charge is 0.419 e. The second kappa shape index (κ2) is 11.1. The second-order valence-electron chi connectivity index (χ2n) is 10.8. The summed E-state index contributed by atoms with van der Waals surface area (Å²) < 4.78 is 10.6. The maximum atomic E-state index is 12.7. The van der Waals surface area contributed by atoms with E-state index < -0.39 is 34.4 Å². The molecule has 14 heteroatoms. The van der Waals surface area contributed by atoms with E-state index in [1.807, 2.05) is 4.90 Å². The first-order valence-electron chi connectivity index (χ1n) is 12.2. The van der Waals surface area contributed by atoms with Crippen LogP contribution in [-0.4, -0.2) is 74.2 Å². The average molecular weight is 545 g/mol. The molecule has 210 valence electrons. The molecule has 3 rings (SSSR count). The highest BCUT2D eigenvalue weighted by molar-refractivity contribution is 5.89. The molecule has 0 bridgehead atoms. The number of ether oxygens (including phenoxy) is 2. The van der Waals surface area contributed by atoms with Gasteiger partial charge in [-0.15, -0.1) is 10.2 Å². The van der Waals surface area contributed by atoms with Crippen LogP contribution in [0.15, 0.2) is 30.3 Å². The van der Waals surface area contributed by atoms with Crippen molar-refractivity contribution in [2.75, 3.05) is 29.4 Å². The Bertz CT molecular complexity index is 1220. The van der Waals surface area contributed by atoms with Crippen molar-refractivity contribution >= 4 is 41.3 Å². The lowest BCUT2D eigenvalue weighted by molar-refractivity contribution is -0.384. The number of carboxylic acid groups (broad SMARTS) is 1. The van der Waals surface area contributed by atoms with Crippen LogP contribution in [0, 0.1) is 10.1 Å². The van der Waals surface area contributed by atoms with Gasteiger partial charge in [0.05, 0.1) is 11.5 Å². The van der Waals surface area contributed by atoms with E-state index in [1.165, 1.54) is 18.2 Å². The van der Waals surface area contributed by atoms with Crippen LogP contribution in [0.2, 0.25) is 0 Å². The Morgan fingerprint density at radius 2 is 1.62 bits per heavy atom. The molecule has 0 fully saturated rings. The highest BCUT2D eigenvalue weighted by Gasteiger charge is 2.32. The molecule has 2 heterocycles. The van der Waals surface area contributed by atoms with Crippen molar-refractivity contribution in [2.24, 2.45) is 0 Å². The van der Waals surface area contributed by atoms with Gasteiger partial charge in [0.25, 0.3) is 5.69 Å². The van der Waals surface area contributed by atoms with Crippen LogP contribution in [0.25, 0.3) is 0 Å². The maximum Gasteiger partial charge on any atom is 0.419 e. The molecule has 1 aliphatic rings. The topological polar surface area (TPSA) is 169 Å². The molecule has 1 aromatic heterocycles. The largest absolute Gasteiger partial charge is 0.465 e. The van der Waals surface area contributed by atoms with Crippen LogP contribution >= 0.6 is 0 Å². The van der Waals surface area contributed by atoms with Crippen LogP contribution in [0.5, 0.6) is 0 Å². The number of imide groups is 1. The predicted molar refractivity (Wildman–Crippen MR) is 140 cm³/mol. The molecule has 14 nitrogen and oxygen atoms in total. The number of benzene rings is 1. The first-order valence-corrected chi connectivity index (χ1v) is 12.2. The molecule has 1 aliphatic heterocycles. The number of nitro benzene ring substituents is 1. The number of carbonyl (C=O) groups excluding carboxylic acids is 2. The third kappa shape index (κ3) is 7.52. The maximum absolute atomic E-state index is 12.7. The molecule has 1 N–H and O–H groups in total. The molecule has 0 saturated heterocycles. The zero-order chi connectivity index (χ0) is 29.1. The first-order chi connectivity index (χ1) is 18.1. The van der Waals surface area contributed by atoms with E-state index in [2.05, 4.69) is 10.2 Å². The number of nitro groups is 1. The lowest BCUT2D eigenvalue weighted by Gasteiger charge is -2.29. The lowest BCUT2D eigenvalue weighted by atomic mass is 10.1. The van der Waals surface area contributed by atoms with Gasteiger partial charge >= 0.3 is 18.3 Å². The minimum absolute atomic E-state index is 0.000870. The molecule has 1 aromatic carbocycles. The number of rotatable bonds is 6. The number of non-ortho nitro benzene ring substituents is 1. The standard InChI is InChI=1S/C25H32N6O8/c1-24(2,3)38-22(34)30(23(35)39-25(4,5)6)14-13-29(21(32)33)20-10-9-19(26-27-20)28-12-11-16-15-17(31(36)37)7-8-18(16)28/h7-10,15H,11-14H2,1-6H3,(H,32,33). The van der Waals surface area contributed by atoms with Crippen LogP contribution in [-0.2, 0) is 15.9 Å². The summed E-state index contributed by atoms with van der Waals surface area (Å²) in [5, 5.41) is 29.1. The molecule has 0 saturated carbocycles. The van der Waals surface area contributed by atoms with Crippen LogP contribution in [0.1, 0.15) is 47.1 Å². The number of aromatic nitrogens is 2. The Labute approximate surface area is 225 Å². The molecule has 0 radical (unpaired) electrons. The van der Waals surface area contributed by atoms with E-state index >= 15 is 0 Å². The molecule has 0 atom stereocenters. The van der Waals surface area contributed by atoms with Crippen LogP contribution in [0.4, 0.5) is 37.4 Å². The third-order valence-corrected chi connectivity index (χ3v) is 5.36. The fraction of sp³-hybridized carbons (Fsp3) is 0.480. The van der Waals surface area contributed by atoms with Crippen LogP contribution in [0.3, 0.4) is 0 Å². The zero-order valence-corrected chi connectivity index (χ0v) is 22.7. The molecule has 0 aliphatic carbocycles. The van der Waals surface area contributed by atoms with Gasteiger partial charge in [-0.05, 0) is 71.7 Å².